The first kappa shape index (κ1) is 14.9. The summed E-state index contributed by atoms with van der Waals surface area (Å²) in [6.45, 7) is 5.02. The molecule has 2 aromatic rings. The number of aromatic nitrogens is 2. The number of esters is 1. The van der Waals surface area contributed by atoms with Gasteiger partial charge in [-0.05, 0) is 38.0 Å². The third-order valence-corrected chi connectivity index (χ3v) is 3.41. The molecule has 0 atom stereocenters. The van der Waals surface area contributed by atoms with Crippen LogP contribution in [-0.2, 0) is 22.0 Å². The maximum atomic E-state index is 11.4. The van der Waals surface area contributed by atoms with E-state index in [9.17, 15) is 4.79 Å². The number of nitrogens with zero attached hydrogens (tertiary/aromatic N) is 2. The molecule has 20 heavy (non-hydrogen) atoms. The van der Waals surface area contributed by atoms with Crippen molar-refractivity contribution in [2.75, 3.05) is 6.61 Å². The van der Waals surface area contributed by atoms with Gasteiger partial charge in [0.05, 0.1) is 23.5 Å². The third kappa shape index (κ3) is 3.31. The molecule has 0 aliphatic rings. The van der Waals surface area contributed by atoms with Crippen molar-refractivity contribution < 1.29 is 9.53 Å². The van der Waals surface area contributed by atoms with Crippen LogP contribution in [-0.4, -0.2) is 22.1 Å². The molecular formula is C15H19ClN2O2. The van der Waals surface area contributed by atoms with E-state index in [0.717, 1.165) is 29.8 Å². The summed E-state index contributed by atoms with van der Waals surface area (Å²) in [4.78, 5) is 15.9. The van der Waals surface area contributed by atoms with Gasteiger partial charge in [0.1, 0.15) is 5.82 Å². The molecule has 0 N–H and O–H groups in total. The quantitative estimate of drug-likeness (QED) is 0.605. The molecule has 4 nitrogen and oxygen atoms in total. The van der Waals surface area contributed by atoms with Crippen LogP contribution in [0.1, 0.15) is 31.2 Å². The number of alkyl halides is 1. The van der Waals surface area contributed by atoms with Gasteiger partial charge in [0, 0.05) is 13.0 Å². The van der Waals surface area contributed by atoms with E-state index in [4.69, 9.17) is 16.3 Å². The Hall–Kier alpha value is -1.55. The highest BCUT2D eigenvalue weighted by Gasteiger charge is 2.10. The number of aryl methyl sites for hydroxylation is 2. The predicted octanol–water partition coefficient (Wildman–Crippen LogP) is 3.43. The second-order valence-corrected chi connectivity index (χ2v) is 4.98. The average Bonchev–Trinajstić information content (AvgIpc) is 2.77. The molecule has 1 heterocycles. The first-order valence-electron chi connectivity index (χ1n) is 6.83. The highest BCUT2D eigenvalue weighted by atomic mass is 35.5. The first-order valence-corrected chi connectivity index (χ1v) is 7.36. The lowest BCUT2D eigenvalue weighted by Crippen LogP contribution is -2.08. The van der Waals surface area contributed by atoms with E-state index in [-0.39, 0.29) is 5.97 Å². The molecule has 0 aliphatic carbocycles. The summed E-state index contributed by atoms with van der Waals surface area (Å²) in [7, 11) is 0. The Kier molecular flexibility index (Phi) is 5.01. The molecule has 0 spiro atoms. The third-order valence-electron chi connectivity index (χ3n) is 3.17. The smallest absolute Gasteiger partial charge is 0.305 e. The van der Waals surface area contributed by atoms with E-state index in [1.165, 1.54) is 5.56 Å². The van der Waals surface area contributed by atoms with Crippen molar-refractivity contribution >= 4 is 28.6 Å². The molecule has 0 amide bonds. The Morgan fingerprint density at radius 1 is 1.45 bits per heavy atom. The SMILES string of the molecule is CCOC(=O)CCCn1c(CCl)nc2ccc(C)cc21. The van der Waals surface area contributed by atoms with Gasteiger partial charge < -0.3 is 9.30 Å². The topological polar surface area (TPSA) is 44.1 Å². The number of halogens is 1. The fourth-order valence-corrected chi connectivity index (χ4v) is 2.45. The average molecular weight is 295 g/mol. The van der Waals surface area contributed by atoms with E-state index >= 15 is 0 Å². The largest absolute Gasteiger partial charge is 0.466 e. The lowest BCUT2D eigenvalue weighted by Gasteiger charge is -2.08. The number of hydrogen-bond donors (Lipinski definition) is 0. The van der Waals surface area contributed by atoms with Gasteiger partial charge in [0.2, 0.25) is 0 Å². The van der Waals surface area contributed by atoms with E-state index in [2.05, 4.69) is 22.5 Å². The zero-order chi connectivity index (χ0) is 14.5. The molecule has 5 heteroatoms. The summed E-state index contributed by atoms with van der Waals surface area (Å²) >= 11 is 5.96. The van der Waals surface area contributed by atoms with Gasteiger partial charge in [-0.3, -0.25) is 4.79 Å². The maximum absolute atomic E-state index is 11.4. The van der Waals surface area contributed by atoms with Gasteiger partial charge >= 0.3 is 5.97 Å². The minimum atomic E-state index is -0.152. The Labute approximate surface area is 123 Å². The minimum absolute atomic E-state index is 0.152. The summed E-state index contributed by atoms with van der Waals surface area (Å²) in [5.41, 5.74) is 3.21. The second kappa shape index (κ2) is 6.75. The molecule has 0 radical (unpaired) electrons. The van der Waals surface area contributed by atoms with Gasteiger partial charge in [0.25, 0.3) is 0 Å². The summed E-state index contributed by atoms with van der Waals surface area (Å²) in [6, 6.07) is 6.14. The van der Waals surface area contributed by atoms with Gasteiger partial charge in [-0.1, -0.05) is 6.07 Å². The zero-order valence-corrected chi connectivity index (χ0v) is 12.6. The number of imidazole rings is 1. The molecule has 1 aromatic heterocycles. The molecule has 0 bridgehead atoms. The highest BCUT2D eigenvalue weighted by Crippen LogP contribution is 2.20. The number of rotatable bonds is 6. The normalized spacial score (nSPS) is 10.9. The maximum Gasteiger partial charge on any atom is 0.305 e. The van der Waals surface area contributed by atoms with Crippen LogP contribution < -0.4 is 0 Å². The predicted molar refractivity (Wildman–Crippen MR) is 79.9 cm³/mol. The molecule has 0 saturated heterocycles. The van der Waals surface area contributed by atoms with E-state index in [0.29, 0.717) is 18.9 Å². The van der Waals surface area contributed by atoms with E-state index in [1.807, 2.05) is 19.1 Å². The lowest BCUT2D eigenvalue weighted by atomic mass is 10.2. The van der Waals surface area contributed by atoms with E-state index < -0.39 is 0 Å². The highest BCUT2D eigenvalue weighted by molar-refractivity contribution is 6.16. The molecule has 1 aromatic carbocycles. The van der Waals surface area contributed by atoms with Crippen molar-refractivity contribution in [2.45, 2.75) is 39.1 Å². The van der Waals surface area contributed by atoms with Crippen molar-refractivity contribution in [1.29, 1.82) is 0 Å². The van der Waals surface area contributed by atoms with Gasteiger partial charge in [-0.15, -0.1) is 11.6 Å². The van der Waals surface area contributed by atoms with Crippen LogP contribution in [0, 0.1) is 6.92 Å². The number of fused-ring (bicyclic) bond motifs is 1. The van der Waals surface area contributed by atoms with Crippen molar-refractivity contribution in [3.05, 3.63) is 29.6 Å². The van der Waals surface area contributed by atoms with E-state index in [1.54, 1.807) is 0 Å². The van der Waals surface area contributed by atoms with Crippen molar-refractivity contribution in [3.8, 4) is 0 Å². The molecular weight excluding hydrogens is 276 g/mol. The zero-order valence-electron chi connectivity index (χ0n) is 11.9. The molecule has 0 unspecified atom stereocenters. The van der Waals surface area contributed by atoms with Gasteiger partial charge in [-0.25, -0.2) is 4.98 Å². The van der Waals surface area contributed by atoms with Crippen molar-refractivity contribution in [3.63, 3.8) is 0 Å². The van der Waals surface area contributed by atoms with Crippen LogP contribution in [0.3, 0.4) is 0 Å². The Bertz CT molecular complexity index is 607. The molecule has 108 valence electrons. The van der Waals surface area contributed by atoms with Crippen LogP contribution in [0.25, 0.3) is 11.0 Å². The van der Waals surface area contributed by atoms with Crippen LogP contribution >= 0.6 is 11.6 Å². The molecule has 0 aliphatic heterocycles. The molecule has 0 fully saturated rings. The molecule has 0 saturated carbocycles. The molecule has 2 rings (SSSR count). The summed E-state index contributed by atoms with van der Waals surface area (Å²) in [5, 5.41) is 0. The minimum Gasteiger partial charge on any atom is -0.466 e. The summed E-state index contributed by atoms with van der Waals surface area (Å²) < 4.78 is 7.03. The van der Waals surface area contributed by atoms with Crippen LogP contribution in [0.2, 0.25) is 0 Å². The monoisotopic (exact) mass is 294 g/mol. The van der Waals surface area contributed by atoms with Crippen LogP contribution in [0.4, 0.5) is 0 Å². The Balaban J connectivity index is 2.15. The fraction of sp³-hybridized carbons (Fsp3) is 0.467. The van der Waals surface area contributed by atoms with Crippen molar-refractivity contribution in [1.82, 2.24) is 9.55 Å². The number of ether oxygens (including phenoxy) is 1. The Morgan fingerprint density at radius 3 is 2.95 bits per heavy atom. The summed E-state index contributed by atoms with van der Waals surface area (Å²) in [5.74, 6) is 1.06. The number of hydrogen-bond acceptors (Lipinski definition) is 3. The van der Waals surface area contributed by atoms with Gasteiger partial charge in [-0.2, -0.15) is 0 Å². The first-order chi connectivity index (χ1) is 9.65. The Morgan fingerprint density at radius 2 is 2.25 bits per heavy atom. The number of carbonyl (C=O) groups excluding carboxylic acids is 1. The van der Waals surface area contributed by atoms with Crippen LogP contribution in [0.5, 0.6) is 0 Å². The lowest BCUT2D eigenvalue weighted by molar-refractivity contribution is -0.143. The second-order valence-electron chi connectivity index (χ2n) is 4.71. The number of carbonyl (C=O) groups is 1. The van der Waals surface area contributed by atoms with Crippen LogP contribution in [0.15, 0.2) is 18.2 Å². The number of benzene rings is 1. The summed E-state index contributed by atoms with van der Waals surface area (Å²) in [6.07, 6.45) is 1.14. The van der Waals surface area contributed by atoms with Crippen molar-refractivity contribution in [2.24, 2.45) is 0 Å². The van der Waals surface area contributed by atoms with Gasteiger partial charge in [0.15, 0.2) is 0 Å². The standard InChI is InChI=1S/C15H19ClN2O2/c1-3-20-15(19)5-4-8-18-13-9-11(2)6-7-12(13)17-14(18)10-16/h6-7,9H,3-5,8,10H2,1-2H3. The fourth-order valence-electron chi connectivity index (χ4n) is 2.25.